The zero-order chi connectivity index (χ0) is 19.7. The molecule has 1 aliphatic heterocycles. The molecule has 0 saturated carbocycles. The molecule has 1 atom stereocenters. The summed E-state index contributed by atoms with van der Waals surface area (Å²) in [5.41, 5.74) is 2.94. The molecule has 1 aromatic carbocycles. The van der Waals surface area contributed by atoms with Crippen LogP contribution in [0.2, 0.25) is 0 Å². The van der Waals surface area contributed by atoms with E-state index in [4.69, 9.17) is 4.74 Å². The first-order chi connectivity index (χ1) is 12.8. The zero-order valence-corrected chi connectivity index (χ0v) is 16.3. The molecular weight excluding hydrogens is 368 g/mol. The summed E-state index contributed by atoms with van der Waals surface area (Å²) in [5.74, 6) is -0.844. The van der Waals surface area contributed by atoms with Crippen LogP contribution in [-0.2, 0) is 21.4 Å². The number of benzene rings is 1. The highest BCUT2D eigenvalue weighted by molar-refractivity contribution is 8.00. The van der Waals surface area contributed by atoms with Crippen molar-refractivity contribution in [3.63, 3.8) is 0 Å². The Kier molecular flexibility index (Phi) is 5.22. The van der Waals surface area contributed by atoms with Crippen molar-refractivity contribution in [1.82, 2.24) is 9.78 Å². The minimum Gasteiger partial charge on any atom is -0.449 e. The molecule has 2 aromatic rings. The van der Waals surface area contributed by atoms with Gasteiger partial charge in [-0.3, -0.25) is 14.3 Å². The summed E-state index contributed by atoms with van der Waals surface area (Å²) in [4.78, 5) is 37.1. The molecule has 0 aliphatic carbocycles. The SMILES string of the molecule is Cc1nn(C)c(C)c1NC(=O)[C@H](C)OC(=O)c1ccc2c(c1)NC(=O)CS2. The smallest absolute Gasteiger partial charge is 0.338 e. The van der Waals surface area contributed by atoms with E-state index in [1.807, 2.05) is 6.92 Å². The maximum absolute atomic E-state index is 12.4. The average molecular weight is 388 g/mol. The third-order valence-corrected chi connectivity index (χ3v) is 5.33. The Labute approximate surface area is 160 Å². The lowest BCUT2D eigenvalue weighted by Crippen LogP contribution is -2.30. The van der Waals surface area contributed by atoms with E-state index in [-0.39, 0.29) is 11.5 Å². The van der Waals surface area contributed by atoms with Gasteiger partial charge in [0, 0.05) is 11.9 Å². The number of hydrogen-bond acceptors (Lipinski definition) is 6. The van der Waals surface area contributed by atoms with Gasteiger partial charge in [-0.15, -0.1) is 11.8 Å². The predicted octanol–water partition coefficient (Wildman–Crippen LogP) is 2.27. The third kappa shape index (κ3) is 3.97. The van der Waals surface area contributed by atoms with Gasteiger partial charge in [0.2, 0.25) is 5.91 Å². The topological polar surface area (TPSA) is 102 Å². The Hall–Kier alpha value is -2.81. The van der Waals surface area contributed by atoms with E-state index in [9.17, 15) is 14.4 Å². The van der Waals surface area contributed by atoms with Gasteiger partial charge < -0.3 is 15.4 Å². The second-order valence-electron chi connectivity index (χ2n) is 6.25. The molecule has 27 heavy (non-hydrogen) atoms. The van der Waals surface area contributed by atoms with Crippen LogP contribution in [-0.4, -0.2) is 39.4 Å². The van der Waals surface area contributed by atoms with E-state index in [2.05, 4.69) is 15.7 Å². The summed E-state index contributed by atoms with van der Waals surface area (Å²) < 4.78 is 6.94. The molecule has 8 nitrogen and oxygen atoms in total. The number of hydrogen-bond donors (Lipinski definition) is 2. The number of anilines is 2. The quantitative estimate of drug-likeness (QED) is 0.779. The highest BCUT2D eigenvalue weighted by Gasteiger charge is 2.23. The standard InChI is InChI=1S/C18H20N4O4S/c1-9-16(10(2)22(4)21-9)20-17(24)11(3)26-18(25)12-5-6-14-13(7-12)19-15(23)8-27-14/h5-7,11H,8H2,1-4H3,(H,19,23)(H,20,24)/t11-/m0/s1. The average Bonchev–Trinajstić information content (AvgIpc) is 2.86. The predicted molar refractivity (Wildman–Crippen MR) is 102 cm³/mol. The van der Waals surface area contributed by atoms with Crippen molar-refractivity contribution in [3.05, 3.63) is 35.2 Å². The molecule has 0 radical (unpaired) electrons. The first-order valence-electron chi connectivity index (χ1n) is 8.35. The number of rotatable bonds is 4. The molecule has 3 rings (SSSR count). The number of aromatic nitrogens is 2. The van der Waals surface area contributed by atoms with Gasteiger partial charge >= 0.3 is 5.97 Å². The fourth-order valence-corrected chi connectivity index (χ4v) is 3.46. The minimum atomic E-state index is -0.989. The van der Waals surface area contributed by atoms with Crippen LogP contribution in [0.4, 0.5) is 11.4 Å². The van der Waals surface area contributed by atoms with Crippen LogP contribution in [0.3, 0.4) is 0 Å². The highest BCUT2D eigenvalue weighted by atomic mass is 32.2. The second kappa shape index (κ2) is 7.43. The maximum Gasteiger partial charge on any atom is 0.338 e. The Morgan fingerprint density at radius 1 is 1.37 bits per heavy atom. The van der Waals surface area contributed by atoms with Crippen LogP contribution in [0, 0.1) is 13.8 Å². The number of aryl methyl sites for hydroxylation is 2. The summed E-state index contributed by atoms with van der Waals surface area (Å²) in [7, 11) is 1.79. The Morgan fingerprint density at radius 3 is 2.78 bits per heavy atom. The van der Waals surface area contributed by atoms with Gasteiger partial charge in [-0.05, 0) is 39.0 Å². The van der Waals surface area contributed by atoms with Gasteiger partial charge in [0.05, 0.1) is 34.1 Å². The molecule has 2 amide bonds. The monoisotopic (exact) mass is 388 g/mol. The summed E-state index contributed by atoms with van der Waals surface area (Å²) in [6.45, 7) is 5.13. The largest absolute Gasteiger partial charge is 0.449 e. The first kappa shape index (κ1) is 19.0. The van der Waals surface area contributed by atoms with E-state index >= 15 is 0 Å². The van der Waals surface area contributed by atoms with Gasteiger partial charge in [-0.1, -0.05) is 0 Å². The van der Waals surface area contributed by atoms with Crippen LogP contribution in [0.15, 0.2) is 23.1 Å². The number of nitrogens with one attached hydrogen (secondary N) is 2. The second-order valence-corrected chi connectivity index (χ2v) is 7.27. The Bertz CT molecular complexity index is 938. The lowest BCUT2D eigenvalue weighted by molar-refractivity contribution is -0.123. The molecule has 9 heteroatoms. The molecule has 0 spiro atoms. The number of thioether (sulfide) groups is 1. The Balaban J connectivity index is 1.67. The molecule has 0 fully saturated rings. The molecule has 0 bridgehead atoms. The van der Waals surface area contributed by atoms with Crippen molar-refractivity contribution >= 4 is 40.9 Å². The van der Waals surface area contributed by atoms with Gasteiger partial charge in [-0.25, -0.2) is 4.79 Å². The van der Waals surface area contributed by atoms with Gasteiger partial charge in [0.1, 0.15) is 0 Å². The maximum atomic E-state index is 12.4. The summed E-state index contributed by atoms with van der Waals surface area (Å²) in [6.07, 6.45) is -0.989. The molecular formula is C18H20N4O4S. The summed E-state index contributed by atoms with van der Waals surface area (Å²) in [6, 6.07) is 4.93. The molecule has 1 aliphatic rings. The van der Waals surface area contributed by atoms with Crippen molar-refractivity contribution in [1.29, 1.82) is 0 Å². The normalized spacial score (nSPS) is 14.1. The van der Waals surface area contributed by atoms with Crippen LogP contribution >= 0.6 is 11.8 Å². The molecule has 0 unspecified atom stereocenters. The van der Waals surface area contributed by atoms with E-state index in [0.29, 0.717) is 22.8 Å². The van der Waals surface area contributed by atoms with Crippen molar-refractivity contribution in [2.75, 3.05) is 16.4 Å². The number of fused-ring (bicyclic) bond motifs is 1. The van der Waals surface area contributed by atoms with E-state index < -0.39 is 18.0 Å². The number of carbonyl (C=O) groups is 3. The number of amides is 2. The van der Waals surface area contributed by atoms with E-state index in [1.165, 1.54) is 18.7 Å². The lowest BCUT2D eigenvalue weighted by atomic mass is 10.2. The van der Waals surface area contributed by atoms with Crippen molar-refractivity contribution < 1.29 is 19.1 Å². The molecule has 2 heterocycles. The summed E-state index contributed by atoms with van der Waals surface area (Å²) in [5, 5.41) is 9.71. The minimum absolute atomic E-state index is 0.118. The lowest BCUT2D eigenvalue weighted by Gasteiger charge is -2.18. The fourth-order valence-electron chi connectivity index (χ4n) is 2.67. The molecule has 0 saturated heterocycles. The van der Waals surface area contributed by atoms with Crippen LogP contribution in [0.5, 0.6) is 0 Å². The van der Waals surface area contributed by atoms with Crippen molar-refractivity contribution in [2.24, 2.45) is 7.05 Å². The van der Waals surface area contributed by atoms with Gasteiger partial charge in [0.25, 0.3) is 5.91 Å². The van der Waals surface area contributed by atoms with Crippen LogP contribution < -0.4 is 10.6 Å². The molecule has 2 N–H and O–H groups in total. The van der Waals surface area contributed by atoms with E-state index in [1.54, 1.807) is 36.9 Å². The number of nitrogens with zero attached hydrogens (tertiary/aromatic N) is 2. The number of esters is 1. The summed E-state index contributed by atoms with van der Waals surface area (Å²) >= 11 is 1.41. The highest BCUT2D eigenvalue weighted by Crippen LogP contribution is 2.32. The molecule has 142 valence electrons. The van der Waals surface area contributed by atoms with Gasteiger partial charge in [-0.2, -0.15) is 5.10 Å². The fraction of sp³-hybridized carbons (Fsp3) is 0.333. The zero-order valence-electron chi connectivity index (χ0n) is 15.5. The molecule has 1 aromatic heterocycles. The van der Waals surface area contributed by atoms with E-state index in [0.717, 1.165) is 10.6 Å². The van der Waals surface area contributed by atoms with Gasteiger partial charge in [0.15, 0.2) is 6.10 Å². The Morgan fingerprint density at radius 2 is 2.11 bits per heavy atom. The van der Waals surface area contributed by atoms with Crippen molar-refractivity contribution in [3.8, 4) is 0 Å². The van der Waals surface area contributed by atoms with Crippen LogP contribution in [0.1, 0.15) is 28.7 Å². The first-order valence-corrected chi connectivity index (χ1v) is 9.33. The van der Waals surface area contributed by atoms with Crippen LogP contribution in [0.25, 0.3) is 0 Å². The third-order valence-electron chi connectivity index (χ3n) is 4.26. The number of ether oxygens (including phenoxy) is 1. The number of carbonyl (C=O) groups excluding carboxylic acids is 3. The van der Waals surface area contributed by atoms with Crippen molar-refractivity contribution in [2.45, 2.75) is 31.8 Å².